The fraction of sp³-hybridized carbons (Fsp3) is 0.533. The Balaban J connectivity index is 1.81. The highest BCUT2D eigenvalue weighted by Gasteiger charge is 2.46. The van der Waals surface area contributed by atoms with Crippen molar-refractivity contribution >= 4 is 28.3 Å². The number of amides is 2. The van der Waals surface area contributed by atoms with Crippen LogP contribution in [0.5, 0.6) is 0 Å². The van der Waals surface area contributed by atoms with Gasteiger partial charge in [0.05, 0.1) is 11.1 Å². The highest BCUT2D eigenvalue weighted by atomic mass is 32.1. The first kappa shape index (κ1) is 14.2. The molecule has 110 valence electrons. The van der Waals surface area contributed by atoms with E-state index >= 15 is 0 Å². The van der Waals surface area contributed by atoms with Crippen molar-refractivity contribution in [3.63, 3.8) is 0 Å². The molecule has 5 nitrogen and oxygen atoms in total. The number of aromatic nitrogens is 1. The van der Waals surface area contributed by atoms with Gasteiger partial charge in [-0.3, -0.25) is 9.59 Å². The van der Waals surface area contributed by atoms with Crippen LogP contribution in [-0.2, 0) is 9.59 Å². The van der Waals surface area contributed by atoms with Gasteiger partial charge in [-0.1, -0.05) is 36.0 Å². The number of hydrogen-bond donors (Lipinski definition) is 1. The van der Waals surface area contributed by atoms with E-state index < -0.39 is 0 Å². The second-order valence-corrected chi connectivity index (χ2v) is 6.66. The molecule has 0 radical (unpaired) electrons. The molecule has 21 heavy (non-hydrogen) atoms. The third-order valence-electron chi connectivity index (χ3n) is 4.19. The van der Waals surface area contributed by atoms with Crippen molar-refractivity contribution < 1.29 is 14.7 Å². The molecule has 2 fully saturated rings. The van der Waals surface area contributed by atoms with Gasteiger partial charge < -0.3 is 5.11 Å². The molecule has 1 saturated carbocycles. The SMILES string of the molecule is O=C1CC2(CCCC2)CC(=O)N1c1ncc(C#CCO)s1. The van der Waals surface area contributed by atoms with Crippen molar-refractivity contribution in [2.24, 2.45) is 5.41 Å². The summed E-state index contributed by atoms with van der Waals surface area (Å²) in [6.07, 6.45) is 6.58. The van der Waals surface area contributed by atoms with Gasteiger partial charge in [-0.25, -0.2) is 9.88 Å². The Hall–Kier alpha value is -1.71. The number of nitrogens with zero attached hydrogens (tertiary/aromatic N) is 2. The summed E-state index contributed by atoms with van der Waals surface area (Å²) in [5.74, 6) is 4.97. The van der Waals surface area contributed by atoms with E-state index in [1.165, 1.54) is 22.4 Å². The van der Waals surface area contributed by atoms with Crippen molar-refractivity contribution in [3.8, 4) is 11.8 Å². The zero-order chi connectivity index (χ0) is 14.9. The molecular weight excluding hydrogens is 288 g/mol. The molecule has 1 N–H and O–H groups in total. The summed E-state index contributed by atoms with van der Waals surface area (Å²) in [6, 6.07) is 0. The first-order chi connectivity index (χ1) is 10.1. The predicted molar refractivity (Wildman–Crippen MR) is 78.7 cm³/mol. The Labute approximate surface area is 127 Å². The molecule has 0 aromatic carbocycles. The predicted octanol–water partition coefficient (Wildman–Crippen LogP) is 1.70. The second-order valence-electron chi connectivity index (χ2n) is 5.65. The number of aliphatic hydroxyl groups is 1. The summed E-state index contributed by atoms with van der Waals surface area (Å²) in [4.78, 5) is 30.7. The monoisotopic (exact) mass is 304 g/mol. The standard InChI is InChI=1S/C15H16N2O3S/c18-7-3-4-11-10-16-14(21-11)17-12(19)8-15(9-13(17)20)5-1-2-6-15/h10,18H,1-2,5-9H2. The van der Waals surface area contributed by atoms with E-state index in [-0.39, 0.29) is 23.8 Å². The van der Waals surface area contributed by atoms with E-state index in [1.807, 2.05) is 0 Å². The molecule has 1 spiro atoms. The van der Waals surface area contributed by atoms with Crippen LogP contribution in [-0.4, -0.2) is 28.5 Å². The third-order valence-corrected chi connectivity index (χ3v) is 5.09. The summed E-state index contributed by atoms with van der Waals surface area (Å²) >= 11 is 1.21. The Morgan fingerprint density at radius 3 is 2.57 bits per heavy atom. The largest absolute Gasteiger partial charge is 0.384 e. The number of rotatable bonds is 1. The van der Waals surface area contributed by atoms with Crippen LogP contribution in [0.1, 0.15) is 43.4 Å². The number of carbonyl (C=O) groups excluding carboxylic acids is 2. The number of hydrogen-bond acceptors (Lipinski definition) is 5. The maximum absolute atomic E-state index is 12.4. The van der Waals surface area contributed by atoms with E-state index in [0.717, 1.165) is 25.7 Å². The number of aliphatic hydroxyl groups excluding tert-OH is 1. The van der Waals surface area contributed by atoms with Crippen LogP contribution in [0.4, 0.5) is 5.13 Å². The zero-order valence-electron chi connectivity index (χ0n) is 11.6. The van der Waals surface area contributed by atoms with Crippen molar-refractivity contribution in [2.75, 3.05) is 11.5 Å². The molecule has 6 heteroatoms. The molecule has 1 aliphatic heterocycles. The van der Waals surface area contributed by atoms with Gasteiger partial charge in [-0.2, -0.15) is 0 Å². The van der Waals surface area contributed by atoms with Gasteiger partial charge >= 0.3 is 0 Å². The zero-order valence-corrected chi connectivity index (χ0v) is 12.4. The molecule has 1 aromatic heterocycles. The lowest BCUT2D eigenvalue weighted by Gasteiger charge is -2.36. The van der Waals surface area contributed by atoms with Gasteiger partial charge in [0, 0.05) is 12.8 Å². The Bertz CT molecular complexity index is 615. The first-order valence-corrected chi connectivity index (χ1v) is 7.87. The van der Waals surface area contributed by atoms with Crippen molar-refractivity contribution in [2.45, 2.75) is 38.5 Å². The number of piperidine rings is 1. The lowest BCUT2D eigenvalue weighted by molar-refractivity contribution is -0.133. The van der Waals surface area contributed by atoms with Crippen LogP contribution >= 0.6 is 11.3 Å². The van der Waals surface area contributed by atoms with Crippen molar-refractivity contribution in [1.82, 2.24) is 4.98 Å². The van der Waals surface area contributed by atoms with Crippen LogP contribution in [0.3, 0.4) is 0 Å². The fourth-order valence-electron chi connectivity index (χ4n) is 3.25. The topological polar surface area (TPSA) is 70.5 Å². The average Bonchev–Trinajstić information content (AvgIpc) is 3.06. The minimum absolute atomic E-state index is 0.0958. The van der Waals surface area contributed by atoms with Gasteiger partial charge in [0.15, 0.2) is 5.13 Å². The lowest BCUT2D eigenvalue weighted by atomic mass is 9.76. The maximum Gasteiger partial charge on any atom is 0.236 e. The third kappa shape index (κ3) is 2.71. The van der Waals surface area contributed by atoms with Gasteiger partial charge in [-0.15, -0.1) is 0 Å². The summed E-state index contributed by atoms with van der Waals surface area (Å²) in [6.45, 7) is -0.225. The smallest absolute Gasteiger partial charge is 0.236 e. The molecule has 2 amide bonds. The van der Waals surface area contributed by atoms with Crippen LogP contribution in [0, 0.1) is 17.3 Å². The van der Waals surface area contributed by atoms with Gasteiger partial charge in [0.2, 0.25) is 11.8 Å². The quantitative estimate of drug-likeness (QED) is 0.633. The molecular formula is C15H16N2O3S. The number of thiazole rings is 1. The fourth-order valence-corrected chi connectivity index (χ4v) is 4.07. The number of anilines is 1. The lowest BCUT2D eigenvalue weighted by Crippen LogP contribution is -2.47. The second kappa shape index (κ2) is 5.58. The summed E-state index contributed by atoms with van der Waals surface area (Å²) in [5.41, 5.74) is -0.0958. The molecule has 0 unspecified atom stereocenters. The molecule has 2 aliphatic rings. The van der Waals surface area contributed by atoms with Gasteiger partial charge in [-0.05, 0) is 18.3 Å². The minimum atomic E-state index is -0.225. The van der Waals surface area contributed by atoms with E-state index in [1.54, 1.807) is 0 Å². The van der Waals surface area contributed by atoms with E-state index in [9.17, 15) is 9.59 Å². The molecule has 1 saturated heterocycles. The molecule has 1 aliphatic carbocycles. The summed E-state index contributed by atoms with van der Waals surface area (Å²) in [5, 5.41) is 9.07. The maximum atomic E-state index is 12.4. The van der Waals surface area contributed by atoms with E-state index in [0.29, 0.717) is 22.9 Å². The van der Waals surface area contributed by atoms with Gasteiger partial charge in [0.25, 0.3) is 0 Å². The van der Waals surface area contributed by atoms with Crippen LogP contribution < -0.4 is 4.90 Å². The van der Waals surface area contributed by atoms with Gasteiger partial charge in [0.1, 0.15) is 6.61 Å². The Morgan fingerprint density at radius 2 is 1.95 bits per heavy atom. The average molecular weight is 304 g/mol. The molecule has 0 atom stereocenters. The first-order valence-electron chi connectivity index (χ1n) is 7.05. The molecule has 2 heterocycles. The molecule has 0 bridgehead atoms. The highest BCUT2D eigenvalue weighted by Crippen LogP contribution is 2.47. The van der Waals surface area contributed by atoms with Crippen molar-refractivity contribution in [3.05, 3.63) is 11.1 Å². The summed E-state index contributed by atoms with van der Waals surface area (Å²) in [7, 11) is 0. The van der Waals surface area contributed by atoms with Crippen LogP contribution in [0.2, 0.25) is 0 Å². The summed E-state index contributed by atoms with van der Waals surface area (Å²) < 4.78 is 0. The van der Waals surface area contributed by atoms with Crippen LogP contribution in [0.25, 0.3) is 0 Å². The molecule has 3 rings (SSSR count). The Kier molecular flexibility index (Phi) is 3.79. The van der Waals surface area contributed by atoms with Crippen molar-refractivity contribution in [1.29, 1.82) is 0 Å². The molecule has 1 aromatic rings. The van der Waals surface area contributed by atoms with Crippen LogP contribution in [0.15, 0.2) is 6.20 Å². The minimum Gasteiger partial charge on any atom is -0.384 e. The normalized spacial score (nSPS) is 20.7. The highest BCUT2D eigenvalue weighted by molar-refractivity contribution is 7.16. The Morgan fingerprint density at radius 1 is 1.29 bits per heavy atom. The van der Waals surface area contributed by atoms with E-state index in [4.69, 9.17) is 5.11 Å². The number of imide groups is 1. The van der Waals surface area contributed by atoms with E-state index in [2.05, 4.69) is 16.8 Å². The number of carbonyl (C=O) groups is 2.